The lowest BCUT2D eigenvalue weighted by molar-refractivity contribution is 0.417. The third-order valence-electron chi connectivity index (χ3n) is 5.16. The van der Waals surface area contributed by atoms with Crippen molar-refractivity contribution in [1.82, 2.24) is 4.98 Å². The van der Waals surface area contributed by atoms with Gasteiger partial charge in [-0.15, -0.1) is 0 Å². The minimum absolute atomic E-state index is 0.157. The second-order valence-electron chi connectivity index (χ2n) is 6.52. The smallest absolute Gasteiger partial charge is 0.138 e. The first-order chi connectivity index (χ1) is 11.3. The standard InChI is InChI=1S/C20H21FN2/c1-2-16-17(13-5-3-6-13)8-9-18(19(16)21)15-11-14-7-4-10-22-20(14)23-12-15/h2,8-9,11-13H,1,3-7,10H2,(H,22,23). The highest BCUT2D eigenvalue weighted by Crippen LogP contribution is 2.41. The average Bonchev–Trinajstić information content (AvgIpc) is 2.53. The molecule has 2 aromatic rings. The summed E-state index contributed by atoms with van der Waals surface area (Å²) >= 11 is 0. The Hall–Kier alpha value is -2.16. The second kappa shape index (κ2) is 5.80. The molecule has 2 heterocycles. The highest BCUT2D eigenvalue weighted by molar-refractivity contribution is 5.71. The fourth-order valence-corrected chi connectivity index (χ4v) is 3.61. The van der Waals surface area contributed by atoms with Gasteiger partial charge in [0.15, 0.2) is 0 Å². The molecule has 0 radical (unpaired) electrons. The summed E-state index contributed by atoms with van der Waals surface area (Å²) in [6, 6.07) is 6.06. The average molecular weight is 308 g/mol. The minimum Gasteiger partial charge on any atom is -0.370 e. The molecule has 3 heteroatoms. The van der Waals surface area contributed by atoms with Crippen LogP contribution in [0.4, 0.5) is 10.2 Å². The van der Waals surface area contributed by atoms with Crippen LogP contribution in [0.25, 0.3) is 17.2 Å². The van der Waals surface area contributed by atoms with Gasteiger partial charge >= 0.3 is 0 Å². The van der Waals surface area contributed by atoms with Crippen molar-refractivity contribution in [3.63, 3.8) is 0 Å². The van der Waals surface area contributed by atoms with Crippen LogP contribution in [0.15, 0.2) is 31.0 Å². The number of aryl methyl sites for hydroxylation is 1. The molecule has 1 aromatic heterocycles. The van der Waals surface area contributed by atoms with Crippen molar-refractivity contribution in [2.24, 2.45) is 0 Å². The van der Waals surface area contributed by atoms with Crippen LogP contribution >= 0.6 is 0 Å². The number of aromatic nitrogens is 1. The van der Waals surface area contributed by atoms with E-state index in [9.17, 15) is 0 Å². The van der Waals surface area contributed by atoms with Gasteiger partial charge in [0, 0.05) is 29.4 Å². The highest BCUT2D eigenvalue weighted by atomic mass is 19.1. The molecule has 4 rings (SSSR count). The zero-order valence-corrected chi connectivity index (χ0v) is 13.2. The number of halogens is 1. The summed E-state index contributed by atoms with van der Waals surface area (Å²) in [6.45, 7) is 4.80. The van der Waals surface area contributed by atoms with Gasteiger partial charge in [-0.2, -0.15) is 0 Å². The summed E-state index contributed by atoms with van der Waals surface area (Å²) in [6.07, 6.45) is 9.09. The monoisotopic (exact) mass is 308 g/mol. The molecular formula is C20H21FN2. The van der Waals surface area contributed by atoms with Crippen LogP contribution in [0.5, 0.6) is 0 Å². The van der Waals surface area contributed by atoms with Gasteiger partial charge in [0.1, 0.15) is 11.6 Å². The molecule has 1 fully saturated rings. The van der Waals surface area contributed by atoms with E-state index in [-0.39, 0.29) is 5.82 Å². The Morgan fingerprint density at radius 2 is 2.13 bits per heavy atom. The summed E-state index contributed by atoms with van der Waals surface area (Å²) in [4.78, 5) is 4.47. The Morgan fingerprint density at radius 1 is 1.26 bits per heavy atom. The van der Waals surface area contributed by atoms with E-state index in [2.05, 4.69) is 29.0 Å². The van der Waals surface area contributed by atoms with Crippen molar-refractivity contribution < 1.29 is 4.39 Å². The maximum absolute atomic E-state index is 15.1. The number of benzene rings is 1. The van der Waals surface area contributed by atoms with Crippen LogP contribution in [0.1, 0.15) is 48.3 Å². The fourth-order valence-electron chi connectivity index (χ4n) is 3.61. The summed E-state index contributed by atoms with van der Waals surface area (Å²) in [7, 11) is 0. The summed E-state index contributed by atoms with van der Waals surface area (Å²) in [5.41, 5.74) is 4.44. The first-order valence-electron chi connectivity index (χ1n) is 8.46. The molecule has 0 bridgehead atoms. The fraction of sp³-hybridized carbons (Fsp3) is 0.350. The van der Waals surface area contributed by atoms with Crippen LogP contribution in [0.3, 0.4) is 0 Å². The maximum atomic E-state index is 15.1. The van der Waals surface area contributed by atoms with Gasteiger partial charge < -0.3 is 5.32 Å². The van der Waals surface area contributed by atoms with Gasteiger partial charge in [-0.3, -0.25) is 0 Å². The number of nitrogens with zero attached hydrogens (tertiary/aromatic N) is 1. The van der Waals surface area contributed by atoms with E-state index in [0.29, 0.717) is 17.0 Å². The highest BCUT2D eigenvalue weighted by Gasteiger charge is 2.24. The summed E-state index contributed by atoms with van der Waals surface area (Å²) in [5.74, 6) is 1.28. The lowest BCUT2D eigenvalue weighted by atomic mass is 9.77. The molecule has 0 amide bonds. The maximum Gasteiger partial charge on any atom is 0.138 e. The first kappa shape index (κ1) is 14.4. The number of nitrogens with one attached hydrogen (secondary N) is 1. The molecule has 1 saturated carbocycles. The topological polar surface area (TPSA) is 24.9 Å². The van der Waals surface area contributed by atoms with Crippen molar-refractivity contribution >= 4 is 11.9 Å². The quantitative estimate of drug-likeness (QED) is 0.847. The van der Waals surface area contributed by atoms with Gasteiger partial charge in [-0.05, 0) is 48.8 Å². The van der Waals surface area contributed by atoms with Crippen LogP contribution in [0, 0.1) is 5.82 Å². The zero-order valence-electron chi connectivity index (χ0n) is 13.2. The van der Waals surface area contributed by atoms with Crippen LogP contribution in [-0.4, -0.2) is 11.5 Å². The van der Waals surface area contributed by atoms with Gasteiger partial charge in [0.2, 0.25) is 0 Å². The predicted molar refractivity (Wildman–Crippen MR) is 93.1 cm³/mol. The Bertz CT molecular complexity index is 762. The van der Waals surface area contributed by atoms with Gasteiger partial charge in [-0.1, -0.05) is 31.2 Å². The molecule has 2 nitrogen and oxygen atoms in total. The van der Waals surface area contributed by atoms with E-state index >= 15 is 4.39 Å². The van der Waals surface area contributed by atoms with E-state index in [1.165, 1.54) is 12.0 Å². The minimum atomic E-state index is -0.157. The molecule has 0 atom stereocenters. The third kappa shape index (κ3) is 2.44. The van der Waals surface area contributed by atoms with Crippen molar-refractivity contribution in [2.45, 2.75) is 38.0 Å². The van der Waals surface area contributed by atoms with Gasteiger partial charge in [-0.25, -0.2) is 9.37 Å². The number of rotatable bonds is 3. The van der Waals surface area contributed by atoms with Crippen molar-refractivity contribution in [3.8, 4) is 11.1 Å². The largest absolute Gasteiger partial charge is 0.370 e. The molecular weight excluding hydrogens is 287 g/mol. The molecule has 1 aliphatic carbocycles. The molecule has 2 aliphatic rings. The number of anilines is 1. The van der Waals surface area contributed by atoms with E-state index < -0.39 is 0 Å². The van der Waals surface area contributed by atoms with Crippen molar-refractivity contribution in [2.75, 3.05) is 11.9 Å². The van der Waals surface area contributed by atoms with E-state index in [1.807, 2.05) is 6.07 Å². The molecule has 0 unspecified atom stereocenters. The predicted octanol–water partition coefficient (Wildman–Crippen LogP) is 5.16. The van der Waals surface area contributed by atoms with Crippen LogP contribution < -0.4 is 5.32 Å². The normalized spacial score (nSPS) is 17.1. The zero-order chi connectivity index (χ0) is 15.8. The van der Waals surface area contributed by atoms with E-state index in [0.717, 1.165) is 49.2 Å². The number of pyridine rings is 1. The van der Waals surface area contributed by atoms with E-state index in [1.54, 1.807) is 12.3 Å². The summed E-state index contributed by atoms with van der Waals surface area (Å²) < 4.78 is 15.1. The Kier molecular flexibility index (Phi) is 3.64. The Labute approximate surface area is 136 Å². The van der Waals surface area contributed by atoms with Crippen molar-refractivity contribution in [3.05, 3.63) is 53.5 Å². The van der Waals surface area contributed by atoms with Gasteiger partial charge in [0.05, 0.1) is 0 Å². The van der Waals surface area contributed by atoms with Crippen LogP contribution in [0.2, 0.25) is 0 Å². The Morgan fingerprint density at radius 3 is 2.87 bits per heavy atom. The summed E-state index contributed by atoms with van der Waals surface area (Å²) in [5, 5.41) is 3.30. The number of fused-ring (bicyclic) bond motifs is 1. The van der Waals surface area contributed by atoms with E-state index in [4.69, 9.17) is 0 Å². The van der Waals surface area contributed by atoms with Crippen LogP contribution in [-0.2, 0) is 6.42 Å². The Balaban J connectivity index is 1.78. The molecule has 1 N–H and O–H groups in total. The third-order valence-corrected chi connectivity index (χ3v) is 5.16. The number of hydrogen-bond acceptors (Lipinski definition) is 2. The molecule has 118 valence electrons. The molecule has 1 aromatic carbocycles. The lowest BCUT2D eigenvalue weighted by Crippen LogP contribution is -2.13. The second-order valence-corrected chi connectivity index (χ2v) is 6.52. The lowest BCUT2D eigenvalue weighted by Gasteiger charge is -2.28. The molecule has 1 aliphatic heterocycles. The number of hydrogen-bond donors (Lipinski definition) is 1. The first-order valence-corrected chi connectivity index (χ1v) is 8.46. The molecule has 23 heavy (non-hydrogen) atoms. The van der Waals surface area contributed by atoms with Gasteiger partial charge in [0.25, 0.3) is 0 Å². The molecule has 0 saturated heterocycles. The SMILES string of the molecule is C=Cc1c(C2CCC2)ccc(-c2cnc3c(c2)CCCN3)c1F. The molecule has 0 spiro atoms. The van der Waals surface area contributed by atoms with Crippen molar-refractivity contribution in [1.29, 1.82) is 0 Å².